The summed E-state index contributed by atoms with van der Waals surface area (Å²) in [6.07, 6.45) is 6.56. The molecule has 0 spiro atoms. The molecule has 6 nitrogen and oxygen atoms in total. The second-order valence-electron chi connectivity index (χ2n) is 5.65. The van der Waals surface area contributed by atoms with Crippen molar-refractivity contribution in [3.8, 4) is 17.0 Å². The molecule has 0 saturated heterocycles. The van der Waals surface area contributed by atoms with Gasteiger partial charge in [0, 0.05) is 11.8 Å². The first-order valence-electron chi connectivity index (χ1n) is 7.80. The van der Waals surface area contributed by atoms with Gasteiger partial charge in [-0.25, -0.2) is 4.79 Å². The Labute approximate surface area is 134 Å². The predicted molar refractivity (Wildman–Crippen MR) is 85.6 cm³/mol. The van der Waals surface area contributed by atoms with Gasteiger partial charge in [-0.05, 0) is 49.9 Å². The molecule has 1 saturated carbocycles. The van der Waals surface area contributed by atoms with Gasteiger partial charge in [0.05, 0.1) is 13.7 Å². The summed E-state index contributed by atoms with van der Waals surface area (Å²) in [4.78, 5) is 29.2. The van der Waals surface area contributed by atoms with E-state index in [0.29, 0.717) is 12.0 Å². The lowest BCUT2D eigenvalue weighted by molar-refractivity contribution is -0.108. The number of hydrogen-bond acceptors (Lipinski definition) is 4. The Morgan fingerprint density at radius 3 is 2.52 bits per heavy atom. The van der Waals surface area contributed by atoms with Crippen LogP contribution in [0.5, 0.6) is 5.75 Å². The molecule has 0 N–H and O–H groups in total. The minimum absolute atomic E-state index is 0.0169. The Hall–Kier alpha value is -2.50. The number of hydrogen-bond donors (Lipinski definition) is 0. The Kier molecular flexibility index (Phi) is 4.50. The van der Waals surface area contributed by atoms with Crippen molar-refractivity contribution in [1.82, 2.24) is 9.30 Å². The van der Waals surface area contributed by atoms with Crippen LogP contribution in [0.1, 0.15) is 25.7 Å². The van der Waals surface area contributed by atoms with E-state index < -0.39 is 0 Å². The van der Waals surface area contributed by atoms with Crippen LogP contribution in [0.25, 0.3) is 11.3 Å². The van der Waals surface area contributed by atoms with Gasteiger partial charge >= 0.3 is 5.69 Å². The summed E-state index contributed by atoms with van der Waals surface area (Å²) in [5.41, 5.74) is 1.16. The molecule has 0 amide bonds. The Bertz CT molecular complexity index is 724. The first-order valence-corrected chi connectivity index (χ1v) is 7.80. The highest BCUT2D eigenvalue weighted by atomic mass is 16.7. The van der Waals surface area contributed by atoms with Crippen molar-refractivity contribution in [1.29, 1.82) is 0 Å². The monoisotopic (exact) mass is 316 g/mol. The van der Waals surface area contributed by atoms with Gasteiger partial charge in [-0.1, -0.05) is 0 Å². The summed E-state index contributed by atoms with van der Waals surface area (Å²) in [7, 11) is 1.61. The van der Waals surface area contributed by atoms with Gasteiger partial charge in [0.2, 0.25) is 0 Å². The average molecular weight is 316 g/mol. The lowest BCUT2D eigenvalue weighted by Gasteiger charge is -2.14. The fourth-order valence-corrected chi connectivity index (χ4v) is 2.88. The molecule has 3 rings (SSSR count). The van der Waals surface area contributed by atoms with Crippen LogP contribution in [0.2, 0.25) is 0 Å². The highest BCUT2D eigenvalue weighted by molar-refractivity contribution is 5.60. The molecule has 0 unspecified atom stereocenters. The molecule has 0 radical (unpaired) electrons. The summed E-state index contributed by atoms with van der Waals surface area (Å²) < 4.78 is 7.84. The van der Waals surface area contributed by atoms with Gasteiger partial charge in [0.25, 0.3) is 0 Å². The van der Waals surface area contributed by atoms with Crippen LogP contribution >= 0.6 is 0 Å². The van der Waals surface area contributed by atoms with E-state index in [1.165, 1.54) is 9.30 Å². The van der Waals surface area contributed by atoms with Gasteiger partial charge in [-0.15, -0.1) is 4.73 Å². The zero-order chi connectivity index (χ0) is 16.2. The number of methoxy groups -OCH3 is 1. The van der Waals surface area contributed by atoms with Crippen LogP contribution in [0, 0.1) is 0 Å². The molecule has 23 heavy (non-hydrogen) atoms. The van der Waals surface area contributed by atoms with Crippen LogP contribution in [-0.2, 0) is 11.3 Å². The topological polar surface area (TPSA) is 62.5 Å². The number of benzene rings is 1. The molecule has 1 fully saturated rings. The molecular weight excluding hydrogens is 296 g/mol. The standard InChI is InChI=1S/C17H20N2O4/c1-22-14-8-6-13(7-9-14)16-12-18(10-11-20)17(21)19(16)23-15-4-2-3-5-15/h6-9,11-12,15H,2-5,10H2,1H3. The van der Waals surface area contributed by atoms with Crippen molar-refractivity contribution in [2.45, 2.75) is 38.3 Å². The van der Waals surface area contributed by atoms with Gasteiger partial charge < -0.3 is 14.4 Å². The molecular formula is C17H20N2O4. The van der Waals surface area contributed by atoms with E-state index in [1.807, 2.05) is 24.3 Å². The van der Waals surface area contributed by atoms with Crippen LogP contribution in [0.15, 0.2) is 35.3 Å². The van der Waals surface area contributed by atoms with E-state index in [0.717, 1.165) is 37.0 Å². The van der Waals surface area contributed by atoms with Crippen molar-refractivity contribution in [3.63, 3.8) is 0 Å². The third-order valence-corrected chi connectivity index (χ3v) is 4.13. The highest BCUT2D eigenvalue weighted by Gasteiger charge is 2.21. The molecule has 0 bridgehead atoms. The molecule has 1 aliphatic rings. The van der Waals surface area contributed by atoms with Gasteiger partial charge in [-0.2, -0.15) is 0 Å². The second-order valence-corrected chi connectivity index (χ2v) is 5.65. The van der Waals surface area contributed by atoms with E-state index in [1.54, 1.807) is 13.3 Å². The number of nitrogens with zero attached hydrogens (tertiary/aromatic N) is 2. The minimum Gasteiger partial charge on any atom is -0.497 e. The van der Waals surface area contributed by atoms with Crippen molar-refractivity contribution < 1.29 is 14.4 Å². The van der Waals surface area contributed by atoms with Crippen molar-refractivity contribution >= 4 is 6.29 Å². The van der Waals surface area contributed by atoms with E-state index in [9.17, 15) is 9.59 Å². The molecule has 1 aromatic heterocycles. The van der Waals surface area contributed by atoms with Crippen LogP contribution < -0.4 is 15.3 Å². The van der Waals surface area contributed by atoms with E-state index in [-0.39, 0.29) is 18.3 Å². The van der Waals surface area contributed by atoms with Crippen LogP contribution in [-0.4, -0.2) is 28.8 Å². The maximum Gasteiger partial charge on any atom is 0.362 e. The minimum atomic E-state index is -0.324. The number of carbonyl (C=O) groups excluding carboxylic acids is 1. The summed E-state index contributed by atoms with van der Waals surface area (Å²) in [6, 6.07) is 7.40. The molecule has 2 aromatic rings. The van der Waals surface area contributed by atoms with Gasteiger partial charge in [-0.3, -0.25) is 4.57 Å². The summed E-state index contributed by atoms with van der Waals surface area (Å²) in [6.45, 7) is 0.0169. The van der Waals surface area contributed by atoms with Crippen molar-refractivity contribution in [2.24, 2.45) is 0 Å². The number of carbonyl (C=O) groups is 1. The molecule has 1 aliphatic carbocycles. The quantitative estimate of drug-likeness (QED) is 0.764. The Balaban J connectivity index is 2.00. The normalized spacial score (nSPS) is 14.8. The molecule has 122 valence electrons. The van der Waals surface area contributed by atoms with Crippen LogP contribution in [0.3, 0.4) is 0 Å². The number of aromatic nitrogens is 2. The third-order valence-electron chi connectivity index (χ3n) is 4.13. The van der Waals surface area contributed by atoms with Crippen molar-refractivity contribution in [3.05, 3.63) is 40.9 Å². The van der Waals surface area contributed by atoms with Crippen molar-refractivity contribution in [2.75, 3.05) is 7.11 Å². The Morgan fingerprint density at radius 1 is 1.22 bits per heavy atom. The third kappa shape index (κ3) is 3.16. The second kappa shape index (κ2) is 6.73. The molecule has 1 aromatic carbocycles. The fourth-order valence-electron chi connectivity index (χ4n) is 2.88. The van der Waals surface area contributed by atoms with E-state index >= 15 is 0 Å². The molecule has 0 atom stereocenters. The average Bonchev–Trinajstić information content (AvgIpc) is 3.19. The maximum atomic E-state index is 12.5. The maximum absolute atomic E-state index is 12.5. The fraction of sp³-hybridized carbons (Fsp3) is 0.412. The number of imidazole rings is 1. The number of aldehydes is 1. The largest absolute Gasteiger partial charge is 0.497 e. The molecule has 1 heterocycles. The predicted octanol–water partition coefficient (Wildman–Crippen LogP) is 1.90. The first-order chi connectivity index (χ1) is 11.2. The number of ether oxygens (including phenoxy) is 1. The van der Waals surface area contributed by atoms with Crippen LogP contribution in [0.4, 0.5) is 0 Å². The SMILES string of the molecule is COc1ccc(-c2cn(CC=O)c(=O)n2OC2CCCC2)cc1. The summed E-state index contributed by atoms with van der Waals surface area (Å²) >= 11 is 0. The van der Waals surface area contributed by atoms with Gasteiger partial charge in [0.15, 0.2) is 0 Å². The van der Waals surface area contributed by atoms with E-state index in [2.05, 4.69) is 0 Å². The lowest BCUT2D eigenvalue weighted by Crippen LogP contribution is -2.34. The molecule has 0 aliphatic heterocycles. The number of rotatable bonds is 6. The summed E-state index contributed by atoms with van der Waals surface area (Å²) in [5.74, 6) is 0.742. The highest BCUT2D eigenvalue weighted by Crippen LogP contribution is 2.23. The zero-order valence-electron chi connectivity index (χ0n) is 13.1. The smallest absolute Gasteiger partial charge is 0.362 e. The molecule has 6 heteroatoms. The zero-order valence-corrected chi connectivity index (χ0v) is 13.1. The lowest BCUT2D eigenvalue weighted by atomic mass is 10.1. The van der Waals surface area contributed by atoms with E-state index in [4.69, 9.17) is 9.57 Å². The summed E-state index contributed by atoms with van der Waals surface area (Å²) in [5, 5.41) is 0. The van der Waals surface area contributed by atoms with Gasteiger partial charge in [0.1, 0.15) is 23.8 Å². The first kappa shape index (κ1) is 15.4. The Morgan fingerprint density at radius 2 is 1.91 bits per heavy atom.